The van der Waals surface area contributed by atoms with Crippen LogP contribution in [-0.4, -0.2) is 18.0 Å². The summed E-state index contributed by atoms with van der Waals surface area (Å²) in [7, 11) is 0. The van der Waals surface area contributed by atoms with E-state index < -0.39 is 0 Å². The first-order valence-electron chi connectivity index (χ1n) is 6.37. The maximum atomic E-state index is 3.36. The normalized spacial score (nSPS) is 24.1. The van der Waals surface area contributed by atoms with Crippen LogP contribution in [0.25, 0.3) is 0 Å². The average Bonchev–Trinajstić information content (AvgIpc) is 2.86. The predicted molar refractivity (Wildman–Crippen MR) is 70.7 cm³/mol. The SMILES string of the molecule is CC1=[C-]C(C)C(C)=C1C.C[CH-]N1CCCC1.[Ti+2]. The summed E-state index contributed by atoms with van der Waals surface area (Å²) in [5.74, 6) is 0.560. The molecule has 1 heterocycles. The topological polar surface area (TPSA) is 3.24 Å². The molecule has 1 saturated heterocycles. The summed E-state index contributed by atoms with van der Waals surface area (Å²) in [6.07, 6.45) is 6.15. The Balaban J connectivity index is 0.000000292. The van der Waals surface area contributed by atoms with Gasteiger partial charge in [0.25, 0.3) is 0 Å². The molecule has 1 aliphatic heterocycles. The number of likely N-dealkylation sites (tertiary alicyclic amines) is 1. The molecule has 0 saturated carbocycles. The van der Waals surface area contributed by atoms with Crippen molar-refractivity contribution in [1.29, 1.82) is 0 Å². The number of allylic oxidation sites excluding steroid dienone is 4. The van der Waals surface area contributed by atoms with E-state index in [1.807, 2.05) is 0 Å². The van der Waals surface area contributed by atoms with Crippen molar-refractivity contribution in [2.24, 2.45) is 5.92 Å². The molecule has 1 nitrogen and oxygen atoms in total. The molecule has 94 valence electrons. The molecule has 0 bridgehead atoms. The van der Waals surface area contributed by atoms with Crippen LogP contribution in [0.1, 0.15) is 47.5 Å². The standard InChI is InChI=1S/C9H13.C6H12N.Ti/c1-6-5-7(2)9(4)8(6)3;1-2-7-5-3-4-6-7;/h6H,1-4H3;2H,3-6H2,1H3;/q2*-1;+2. The Morgan fingerprint density at radius 1 is 1.18 bits per heavy atom. The number of hydrogen-bond acceptors (Lipinski definition) is 1. The third-order valence-electron chi connectivity index (χ3n) is 3.74. The van der Waals surface area contributed by atoms with Crippen molar-refractivity contribution in [3.8, 4) is 0 Å². The molecule has 17 heavy (non-hydrogen) atoms. The molecule has 2 rings (SSSR count). The van der Waals surface area contributed by atoms with Crippen LogP contribution in [0.2, 0.25) is 0 Å². The van der Waals surface area contributed by atoms with E-state index in [0.29, 0.717) is 5.92 Å². The van der Waals surface area contributed by atoms with E-state index in [0.717, 1.165) is 0 Å². The van der Waals surface area contributed by atoms with Gasteiger partial charge in [0.05, 0.1) is 0 Å². The van der Waals surface area contributed by atoms with E-state index in [4.69, 9.17) is 0 Å². The van der Waals surface area contributed by atoms with Crippen molar-refractivity contribution in [2.75, 3.05) is 13.1 Å². The maximum Gasteiger partial charge on any atom is 2.00 e. The summed E-state index contributed by atoms with van der Waals surface area (Å²) in [4.78, 5) is 2.36. The molecular formula is C15H25NTi. The summed E-state index contributed by atoms with van der Waals surface area (Å²) in [6.45, 7) is 15.5. The molecule has 0 aromatic carbocycles. The first-order valence-corrected chi connectivity index (χ1v) is 6.37. The van der Waals surface area contributed by atoms with Crippen molar-refractivity contribution in [1.82, 2.24) is 4.90 Å². The van der Waals surface area contributed by atoms with Crippen LogP contribution in [0.3, 0.4) is 0 Å². The Kier molecular flexibility index (Phi) is 8.37. The van der Waals surface area contributed by atoms with Gasteiger partial charge in [-0.2, -0.15) is 18.1 Å². The van der Waals surface area contributed by atoms with Gasteiger partial charge in [0.1, 0.15) is 0 Å². The van der Waals surface area contributed by atoms with E-state index in [9.17, 15) is 0 Å². The molecule has 1 unspecified atom stereocenters. The van der Waals surface area contributed by atoms with Gasteiger partial charge in [0.2, 0.25) is 0 Å². The van der Waals surface area contributed by atoms with Gasteiger partial charge in [-0.3, -0.25) is 12.6 Å². The second kappa shape index (κ2) is 8.29. The quantitative estimate of drug-likeness (QED) is 0.513. The molecule has 1 atom stereocenters. The fraction of sp³-hybridized carbons (Fsp3) is 0.667. The summed E-state index contributed by atoms with van der Waals surface area (Å²) in [5, 5.41) is 0. The number of rotatable bonds is 1. The zero-order chi connectivity index (χ0) is 12.1. The summed E-state index contributed by atoms with van der Waals surface area (Å²) in [5.41, 5.74) is 4.25. The zero-order valence-corrected chi connectivity index (χ0v) is 13.5. The van der Waals surface area contributed by atoms with Crippen molar-refractivity contribution in [3.63, 3.8) is 0 Å². The van der Waals surface area contributed by atoms with Crippen LogP contribution in [-0.2, 0) is 21.7 Å². The minimum Gasteiger partial charge on any atom is -0.457 e. The monoisotopic (exact) mass is 267 g/mol. The van der Waals surface area contributed by atoms with Crippen molar-refractivity contribution in [2.45, 2.75) is 47.5 Å². The van der Waals surface area contributed by atoms with Gasteiger partial charge in [-0.25, -0.2) is 5.57 Å². The molecule has 0 spiro atoms. The molecule has 0 N–H and O–H groups in total. The summed E-state index contributed by atoms with van der Waals surface area (Å²) >= 11 is 0. The second-order valence-corrected chi connectivity index (χ2v) is 4.80. The molecule has 0 radical (unpaired) electrons. The predicted octanol–water partition coefficient (Wildman–Crippen LogP) is 3.98. The van der Waals surface area contributed by atoms with E-state index >= 15 is 0 Å². The third kappa shape index (κ3) is 5.11. The smallest absolute Gasteiger partial charge is 0.457 e. The average molecular weight is 267 g/mol. The Bertz CT molecular complexity index is 285. The van der Waals surface area contributed by atoms with Gasteiger partial charge in [0.15, 0.2) is 0 Å². The molecule has 1 fully saturated rings. The fourth-order valence-electron chi connectivity index (χ4n) is 2.16. The second-order valence-electron chi connectivity index (χ2n) is 4.80. The minimum absolute atomic E-state index is 0. The zero-order valence-electron chi connectivity index (χ0n) is 11.9. The number of hydrogen-bond donors (Lipinski definition) is 0. The molecule has 2 heteroatoms. The van der Waals surface area contributed by atoms with Crippen molar-refractivity contribution in [3.05, 3.63) is 29.3 Å². The molecule has 2 aliphatic rings. The van der Waals surface area contributed by atoms with Crippen LogP contribution in [0, 0.1) is 18.5 Å². The van der Waals surface area contributed by atoms with Gasteiger partial charge >= 0.3 is 21.7 Å². The molecule has 0 aromatic rings. The van der Waals surface area contributed by atoms with Gasteiger partial charge in [0, 0.05) is 0 Å². The van der Waals surface area contributed by atoms with Crippen LogP contribution < -0.4 is 0 Å². The molecule has 0 aromatic heterocycles. The third-order valence-corrected chi connectivity index (χ3v) is 3.74. The van der Waals surface area contributed by atoms with Gasteiger partial charge in [-0.1, -0.05) is 26.7 Å². The Morgan fingerprint density at radius 2 is 1.71 bits per heavy atom. The summed E-state index contributed by atoms with van der Waals surface area (Å²) < 4.78 is 0. The van der Waals surface area contributed by atoms with Crippen LogP contribution >= 0.6 is 0 Å². The molecule has 1 aliphatic carbocycles. The van der Waals surface area contributed by atoms with E-state index in [-0.39, 0.29) is 21.7 Å². The van der Waals surface area contributed by atoms with Crippen molar-refractivity contribution >= 4 is 0 Å². The molecular weight excluding hydrogens is 242 g/mol. The van der Waals surface area contributed by atoms with Crippen LogP contribution in [0.5, 0.6) is 0 Å². The van der Waals surface area contributed by atoms with Gasteiger partial charge < -0.3 is 4.90 Å². The maximum absolute atomic E-state index is 3.36. The van der Waals surface area contributed by atoms with Gasteiger partial charge in [-0.05, 0) is 25.9 Å². The number of nitrogens with zero attached hydrogens (tertiary/aromatic N) is 1. The summed E-state index contributed by atoms with van der Waals surface area (Å²) in [6, 6.07) is 0. The first-order chi connectivity index (χ1) is 7.56. The Hall–Kier alpha value is 0.154. The van der Waals surface area contributed by atoms with E-state index in [1.54, 1.807) is 0 Å². The van der Waals surface area contributed by atoms with Crippen LogP contribution in [0.4, 0.5) is 0 Å². The van der Waals surface area contributed by atoms with Gasteiger partial charge in [-0.15, -0.1) is 6.92 Å². The first kappa shape index (κ1) is 17.2. The Morgan fingerprint density at radius 3 is 1.88 bits per heavy atom. The largest absolute Gasteiger partial charge is 2.00 e. The minimum atomic E-state index is 0. The molecule has 0 amide bonds. The van der Waals surface area contributed by atoms with E-state index in [2.05, 4.69) is 52.1 Å². The fourth-order valence-corrected chi connectivity index (χ4v) is 2.16. The Labute approximate surface area is 122 Å². The van der Waals surface area contributed by atoms with Crippen molar-refractivity contribution < 1.29 is 21.7 Å². The van der Waals surface area contributed by atoms with Crippen LogP contribution in [0.15, 0.2) is 16.7 Å². The van der Waals surface area contributed by atoms with E-state index in [1.165, 1.54) is 42.7 Å².